The van der Waals surface area contributed by atoms with Gasteiger partial charge in [0.15, 0.2) is 5.78 Å². The average molecular weight is 231 g/mol. The van der Waals surface area contributed by atoms with Crippen LogP contribution in [0, 0.1) is 0 Å². The highest BCUT2D eigenvalue weighted by Crippen LogP contribution is 2.11. The Balaban J connectivity index is 1.93. The van der Waals surface area contributed by atoms with E-state index in [9.17, 15) is 4.79 Å². The maximum atomic E-state index is 12.0. The third-order valence-corrected chi connectivity index (χ3v) is 3.38. The monoisotopic (exact) mass is 231 g/mol. The molecule has 0 unspecified atom stereocenters. The molecule has 0 amide bonds. The Morgan fingerprint density at radius 2 is 1.82 bits per heavy atom. The number of rotatable bonds is 5. The third-order valence-electron chi connectivity index (χ3n) is 3.38. The van der Waals surface area contributed by atoms with Crippen LogP contribution in [0.25, 0.3) is 0 Å². The van der Waals surface area contributed by atoms with Crippen molar-refractivity contribution in [3.63, 3.8) is 0 Å². The summed E-state index contributed by atoms with van der Waals surface area (Å²) in [6.07, 6.45) is 4.73. The van der Waals surface area contributed by atoms with Crippen molar-refractivity contribution < 1.29 is 4.79 Å². The van der Waals surface area contributed by atoms with Crippen LogP contribution < -0.4 is 0 Å². The minimum atomic E-state index is 0.259. The Labute approximate surface area is 104 Å². The van der Waals surface area contributed by atoms with E-state index in [0.717, 1.165) is 31.5 Å². The molecule has 1 heterocycles. The topological polar surface area (TPSA) is 20.3 Å². The van der Waals surface area contributed by atoms with Crippen molar-refractivity contribution in [3.05, 3.63) is 35.4 Å². The van der Waals surface area contributed by atoms with Crippen LogP contribution in [0.4, 0.5) is 0 Å². The summed E-state index contributed by atoms with van der Waals surface area (Å²) in [5.41, 5.74) is 2.18. The Kier molecular flexibility index (Phi) is 4.32. The first-order valence-electron chi connectivity index (χ1n) is 6.64. The molecule has 1 aliphatic rings. The predicted molar refractivity (Wildman–Crippen MR) is 70.4 cm³/mol. The molecule has 2 heteroatoms. The zero-order valence-electron chi connectivity index (χ0n) is 10.6. The largest absolute Gasteiger partial charge is 0.296 e. The second-order valence-electron chi connectivity index (χ2n) is 4.85. The van der Waals surface area contributed by atoms with E-state index < -0.39 is 0 Å². The fourth-order valence-corrected chi connectivity index (χ4v) is 2.38. The highest BCUT2D eigenvalue weighted by molar-refractivity contribution is 5.97. The number of hydrogen-bond donors (Lipinski definition) is 0. The molecular weight excluding hydrogens is 210 g/mol. The molecule has 1 aliphatic heterocycles. The van der Waals surface area contributed by atoms with Gasteiger partial charge in [-0.05, 0) is 37.9 Å². The van der Waals surface area contributed by atoms with Crippen LogP contribution in [-0.4, -0.2) is 30.3 Å². The Morgan fingerprint density at radius 3 is 2.41 bits per heavy atom. The first-order chi connectivity index (χ1) is 8.29. The molecule has 0 saturated carbocycles. The minimum Gasteiger partial charge on any atom is -0.296 e. The summed E-state index contributed by atoms with van der Waals surface area (Å²) in [4.78, 5) is 14.3. The molecule has 17 heavy (non-hydrogen) atoms. The maximum absolute atomic E-state index is 12.0. The number of ketones is 1. The quantitative estimate of drug-likeness (QED) is 0.726. The number of Topliss-reactive ketones (excluding diaryl/α,β-unsaturated/α-hetero) is 1. The molecule has 0 radical (unpaired) electrons. The van der Waals surface area contributed by atoms with Crippen molar-refractivity contribution in [1.82, 2.24) is 4.90 Å². The highest BCUT2D eigenvalue weighted by atomic mass is 16.1. The van der Waals surface area contributed by atoms with E-state index in [0.29, 0.717) is 6.54 Å². The van der Waals surface area contributed by atoms with Gasteiger partial charge < -0.3 is 0 Å². The van der Waals surface area contributed by atoms with Gasteiger partial charge >= 0.3 is 0 Å². The van der Waals surface area contributed by atoms with E-state index in [-0.39, 0.29) is 5.78 Å². The van der Waals surface area contributed by atoms with Crippen molar-refractivity contribution in [2.45, 2.75) is 32.6 Å². The summed E-state index contributed by atoms with van der Waals surface area (Å²) < 4.78 is 0. The zero-order chi connectivity index (χ0) is 12.1. The second-order valence-corrected chi connectivity index (χ2v) is 4.85. The summed E-state index contributed by atoms with van der Waals surface area (Å²) in [6, 6.07) is 8.12. The van der Waals surface area contributed by atoms with E-state index in [1.165, 1.54) is 18.4 Å². The van der Waals surface area contributed by atoms with Gasteiger partial charge in [-0.1, -0.05) is 37.6 Å². The lowest BCUT2D eigenvalue weighted by Gasteiger charge is -2.13. The SMILES string of the molecule is CCCc1ccc(C(=O)CN2CCCC2)cc1. The van der Waals surface area contributed by atoms with Gasteiger partial charge in [0.25, 0.3) is 0 Å². The number of likely N-dealkylation sites (tertiary alicyclic amines) is 1. The molecule has 0 atom stereocenters. The van der Waals surface area contributed by atoms with E-state index >= 15 is 0 Å². The van der Waals surface area contributed by atoms with Crippen LogP contribution in [0.2, 0.25) is 0 Å². The molecule has 1 aromatic carbocycles. The van der Waals surface area contributed by atoms with Crippen molar-refractivity contribution in [2.24, 2.45) is 0 Å². The van der Waals surface area contributed by atoms with Gasteiger partial charge in [-0.25, -0.2) is 0 Å². The van der Waals surface area contributed by atoms with Gasteiger partial charge in [0.05, 0.1) is 6.54 Å². The maximum Gasteiger partial charge on any atom is 0.176 e. The van der Waals surface area contributed by atoms with E-state index in [1.54, 1.807) is 0 Å². The summed E-state index contributed by atoms with van der Waals surface area (Å²) in [5, 5.41) is 0. The standard InChI is InChI=1S/C15H21NO/c1-2-5-13-6-8-14(9-7-13)15(17)12-16-10-3-4-11-16/h6-9H,2-5,10-12H2,1H3. The number of carbonyl (C=O) groups is 1. The first kappa shape index (κ1) is 12.3. The van der Waals surface area contributed by atoms with Crippen LogP contribution >= 0.6 is 0 Å². The lowest BCUT2D eigenvalue weighted by Crippen LogP contribution is -2.26. The van der Waals surface area contributed by atoms with Crippen molar-refractivity contribution >= 4 is 5.78 Å². The predicted octanol–water partition coefficient (Wildman–Crippen LogP) is 2.92. The van der Waals surface area contributed by atoms with Gasteiger partial charge in [0.2, 0.25) is 0 Å². The van der Waals surface area contributed by atoms with E-state index in [1.807, 2.05) is 12.1 Å². The Bertz CT molecular complexity index is 363. The Morgan fingerprint density at radius 1 is 1.18 bits per heavy atom. The lowest BCUT2D eigenvalue weighted by atomic mass is 10.1. The number of nitrogens with zero attached hydrogens (tertiary/aromatic N) is 1. The normalized spacial score (nSPS) is 16.3. The van der Waals surface area contributed by atoms with Gasteiger partial charge in [-0.3, -0.25) is 9.69 Å². The second kappa shape index (κ2) is 5.97. The summed E-state index contributed by atoms with van der Waals surface area (Å²) >= 11 is 0. The van der Waals surface area contributed by atoms with Crippen LogP contribution in [0.15, 0.2) is 24.3 Å². The zero-order valence-corrected chi connectivity index (χ0v) is 10.6. The summed E-state index contributed by atoms with van der Waals surface area (Å²) in [5.74, 6) is 0.259. The fourth-order valence-electron chi connectivity index (χ4n) is 2.38. The number of aryl methyl sites for hydroxylation is 1. The molecule has 1 saturated heterocycles. The van der Waals surface area contributed by atoms with E-state index in [2.05, 4.69) is 24.0 Å². The molecule has 2 rings (SSSR count). The molecule has 1 aromatic rings. The summed E-state index contributed by atoms with van der Waals surface area (Å²) in [7, 11) is 0. The van der Waals surface area contributed by atoms with Crippen molar-refractivity contribution in [2.75, 3.05) is 19.6 Å². The molecule has 0 N–H and O–H groups in total. The highest BCUT2D eigenvalue weighted by Gasteiger charge is 2.15. The molecule has 2 nitrogen and oxygen atoms in total. The molecular formula is C15H21NO. The number of hydrogen-bond acceptors (Lipinski definition) is 2. The molecule has 0 aliphatic carbocycles. The van der Waals surface area contributed by atoms with Gasteiger partial charge in [0, 0.05) is 5.56 Å². The molecule has 0 aromatic heterocycles. The number of carbonyl (C=O) groups excluding carboxylic acids is 1. The van der Waals surface area contributed by atoms with Crippen LogP contribution in [-0.2, 0) is 6.42 Å². The van der Waals surface area contributed by atoms with Crippen LogP contribution in [0.5, 0.6) is 0 Å². The van der Waals surface area contributed by atoms with E-state index in [4.69, 9.17) is 0 Å². The minimum absolute atomic E-state index is 0.259. The van der Waals surface area contributed by atoms with Gasteiger partial charge in [0.1, 0.15) is 0 Å². The third kappa shape index (κ3) is 3.40. The van der Waals surface area contributed by atoms with Gasteiger partial charge in [-0.2, -0.15) is 0 Å². The molecule has 92 valence electrons. The Hall–Kier alpha value is -1.15. The smallest absolute Gasteiger partial charge is 0.176 e. The van der Waals surface area contributed by atoms with Crippen molar-refractivity contribution in [3.8, 4) is 0 Å². The molecule has 0 bridgehead atoms. The summed E-state index contributed by atoms with van der Waals surface area (Å²) in [6.45, 7) is 4.93. The van der Waals surface area contributed by atoms with Crippen molar-refractivity contribution in [1.29, 1.82) is 0 Å². The lowest BCUT2D eigenvalue weighted by molar-refractivity contribution is 0.0945. The first-order valence-corrected chi connectivity index (χ1v) is 6.64. The average Bonchev–Trinajstić information content (AvgIpc) is 2.83. The molecule has 1 fully saturated rings. The fraction of sp³-hybridized carbons (Fsp3) is 0.533. The van der Waals surface area contributed by atoms with Crippen LogP contribution in [0.3, 0.4) is 0 Å². The molecule has 0 spiro atoms. The van der Waals surface area contributed by atoms with Crippen LogP contribution in [0.1, 0.15) is 42.1 Å². The van der Waals surface area contributed by atoms with Gasteiger partial charge in [-0.15, -0.1) is 0 Å². The number of benzene rings is 1.